The Hall–Kier alpha value is -2.58. The van der Waals surface area contributed by atoms with E-state index in [4.69, 9.17) is 16.3 Å². The van der Waals surface area contributed by atoms with Crippen molar-refractivity contribution in [2.75, 3.05) is 24.6 Å². The highest BCUT2D eigenvalue weighted by Gasteiger charge is 2.44. The number of Topliss-reactive ketones (excluding diaryl/α,β-unsaturated/α-hetero) is 1. The third kappa shape index (κ3) is 4.95. The van der Waals surface area contributed by atoms with E-state index >= 15 is 0 Å². The third-order valence-electron chi connectivity index (χ3n) is 9.38. The maximum Gasteiger partial charge on any atom is 0.264 e. The number of hydrogen-bond donors (Lipinski definition) is 1. The van der Waals surface area contributed by atoms with E-state index in [0.717, 1.165) is 42.8 Å². The van der Waals surface area contributed by atoms with Gasteiger partial charge in [0, 0.05) is 41.4 Å². The van der Waals surface area contributed by atoms with Crippen molar-refractivity contribution in [2.24, 2.45) is 11.8 Å². The van der Waals surface area contributed by atoms with E-state index in [0.29, 0.717) is 44.7 Å². The highest BCUT2D eigenvalue weighted by Crippen LogP contribution is 2.46. The molecular formula is C30H35ClN2O5S. The van der Waals surface area contributed by atoms with Crippen LogP contribution in [0.2, 0.25) is 5.02 Å². The number of carbonyl (C=O) groups excluding carboxylic acids is 2. The molecule has 1 fully saturated rings. The first-order chi connectivity index (χ1) is 18.6. The number of nitrogens with zero attached hydrogens (tertiary/aromatic N) is 1. The number of hydrogen-bond acceptors (Lipinski definition) is 6. The molecule has 2 aromatic rings. The zero-order valence-corrected chi connectivity index (χ0v) is 23.8. The summed E-state index contributed by atoms with van der Waals surface area (Å²) in [6.07, 6.45) is 6.01. The van der Waals surface area contributed by atoms with Gasteiger partial charge < -0.3 is 9.64 Å². The van der Waals surface area contributed by atoms with Crippen molar-refractivity contribution >= 4 is 39.0 Å². The molecule has 4 atom stereocenters. The van der Waals surface area contributed by atoms with Crippen LogP contribution >= 0.6 is 11.6 Å². The average molecular weight is 571 g/mol. The molecule has 0 saturated heterocycles. The van der Waals surface area contributed by atoms with E-state index in [1.165, 1.54) is 11.1 Å². The SMILES string of the molecule is C[C@H]1CCCC(=O)[C@@H]2CC[C@H]2CN2C[C@@]3(CCCc4cc(Cl)ccc43)COc3ccc(cc32)C(=O)NS1(=O)=O. The predicted octanol–water partition coefficient (Wildman–Crippen LogP) is 5.04. The van der Waals surface area contributed by atoms with Gasteiger partial charge in [0.25, 0.3) is 5.91 Å². The molecule has 2 bridgehead atoms. The smallest absolute Gasteiger partial charge is 0.264 e. The number of rotatable bonds is 0. The van der Waals surface area contributed by atoms with Crippen molar-refractivity contribution in [1.82, 2.24) is 4.72 Å². The number of anilines is 1. The van der Waals surface area contributed by atoms with E-state index in [1.807, 2.05) is 6.07 Å². The Morgan fingerprint density at radius 2 is 1.90 bits per heavy atom. The van der Waals surface area contributed by atoms with Gasteiger partial charge >= 0.3 is 0 Å². The zero-order valence-electron chi connectivity index (χ0n) is 22.2. The van der Waals surface area contributed by atoms with Gasteiger partial charge in [-0.15, -0.1) is 0 Å². The Bertz CT molecular complexity index is 1430. The van der Waals surface area contributed by atoms with Gasteiger partial charge in [-0.25, -0.2) is 13.1 Å². The van der Waals surface area contributed by atoms with Crippen molar-refractivity contribution in [3.05, 3.63) is 58.1 Å². The number of ketones is 1. The summed E-state index contributed by atoms with van der Waals surface area (Å²) in [4.78, 5) is 28.6. The van der Waals surface area contributed by atoms with Crippen LogP contribution in [0, 0.1) is 11.8 Å². The van der Waals surface area contributed by atoms with Crippen LogP contribution in [0.25, 0.3) is 0 Å². The number of ether oxygens (including phenoxy) is 1. The fourth-order valence-corrected chi connectivity index (χ4v) is 8.19. The Morgan fingerprint density at radius 3 is 2.69 bits per heavy atom. The highest BCUT2D eigenvalue weighted by atomic mass is 35.5. The summed E-state index contributed by atoms with van der Waals surface area (Å²) in [6, 6.07) is 11.3. The van der Waals surface area contributed by atoms with Gasteiger partial charge in [-0.05, 0) is 99.2 Å². The number of fused-ring (bicyclic) bond motifs is 4. The number of halogens is 1. The summed E-state index contributed by atoms with van der Waals surface area (Å²) in [5.74, 6) is 0.464. The molecule has 2 aliphatic carbocycles. The fourth-order valence-electron chi connectivity index (χ4n) is 6.94. The van der Waals surface area contributed by atoms with Gasteiger partial charge in [-0.1, -0.05) is 17.7 Å². The largest absolute Gasteiger partial charge is 0.490 e. The molecular weight excluding hydrogens is 536 g/mol. The molecule has 9 heteroatoms. The van der Waals surface area contributed by atoms with Crippen LogP contribution in [0.4, 0.5) is 5.69 Å². The molecule has 6 rings (SSSR count). The lowest BCUT2D eigenvalue weighted by Gasteiger charge is -2.44. The molecule has 1 amide bonds. The Kier molecular flexibility index (Phi) is 6.91. The highest BCUT2D eigenvalue weighted by molar-refractivity contribution is 7.90. The topological polar surface area (TPSA) is 92.8 Å². The van der Waals surface area contributed by atoms with E-state index in [9.17, 15) is 18.0 Å². The van der Waals surface area contributed by atoms with Gasteiger partial charge in [0.2, 0.25) is 10.0 Å². The molecule has 7 nitrogen and oxygen atoms in total. The first-order valence-electron chi connectivity index (χ1n) is 14.0. The third-order valence-corrected chi connectivity index (χ3v) is 11.4. The van der Waals surface area contributed by atoms with Gasteiger partial charge in [0.05, 0.1) is 17.5 Å². The van der Waals surface area contributed by atoms with Crippen LogP contribution in [-0.4, -0.2) is 45.1 Å². The van der Waals surface area contributed by atoms with Crippen molar-refractivity contribution in [3.8, 4) is 5.75 Å². The van der Waals surface area contributed by atoms with E-state index in [2.05, 4.69) is 21.8 Å². The predicted molar refractivity (Wildman–Crippen MR) is 151 cm³/mol. The molecule has 2 aromatic carbocycles. The molecule has 2 heterocycles. The summed E-state index contributed by atoms with van der Waals surface area (Å²) in [7, 11) is -3.87. The molecule has 1 spiro atoms. The number of sulfonamides is 1. The standard InChI is InChI=1S/C30H35ClN2O5S/c1-19-4-2-6-27(34)24-10-7-22(24)16-33-17-30(13-3-5-20-14-23(31)9-11-25(20)30)18-38-28-12-8-21(15-26(28)33)29(35)32-39(19,36)37/h8-9,11-12,14-15,19,22,24H,2-7,10,13,16-18H2,1H3,(H,32,35)/t19-,22-,24+,30-/m0/s1. The number of aryl methyl sites for hydroxylation is 1. The van der Waals surface area contributed by atoms with Gasteiger partial charge in [0.1, 0.15) is 11.5 Å². The molecule has 1 N–H and O–H groups in total. The molecule has 39 heavy (non-hydrogen) atoms. The summed E-state index contributed by atoms with van der Waals surface area (Å²) in [5, 5.41) is -0.0365. The summed E-state index contributed by atoms with van der Waals surface area (Å²) in [5.41, 5.74) is 3.30. The summed E-state index contributed by atoms with van der Waals surface area (Å²) < 4.78 is 34.5. The first kappa shape index (κ1) is 26.6. The second-order valence-corrected chi connectivity index (χ2v) is 14.4. The lowest BCUT2D eigenvalue weighted by molar-refractivity contribution is -0.127. The van der Waals surface area contributed by atoms with Crippen molar-refractivity contribution in [1.29, 1.82) is 0 Å². The Balaban J connectivity index is 1.42. The summed E-state index contributed by atoms with van der Waals surface area (Å²) in [6.45, 7) is 3.46. The number of benzene rings is 2. The number of carbonyl (C=O) groups is 2. The van der Waals surface area contributed by atoms with Crippen molar-refractivity contribution in [2.45, 2.75) is 69.0 Å². The van der Waals surface area contributed by atoms with Gasteiger partial charge in [-0.2, -0.15) is 0 Å². The van der Waals surface area contributed by atoms with Crippen LogP contribution in [-0.2, 0) is 26.7 Å². The Morgan fingerprint density at radius 1 is 1.05 bits per heavy atom. The van der Waals surface area contributed by atoms with Crippen LogP contribution in [0.5, 0.6) is 5.75 Å². The van der Waals surface area contributed by atoms with E-state index < -0.39 is 21.2 Å². The van der Waals surface area contributed by atoms with Gasteiger partial charge in [0.15, 0.2) is 0 Å². The molecule has 1 saturated carbocycles. The average Bonchev–Trinajstić information content (AvgIpc) is 3.02. The van der Waals surface area contributed by atoms with Crippen molar-refractivity contribution < 1.29 is 22.7 Å². The monoisotopic (exact) mass is 570 g/mol. The minimum Gasteiger partial charge on any atom is -0.490 e. The number of nitrogens with one attached hydrogen (secondary N) is 1. The fraction of sp³-hybridized carbons (Fsp3) is 0.533. The van der Waals surface area contributed by atoms with Crippen LogP contribution in [0.15, 0.2) is 36.4 Å². The summed E-state index contributed by atoms with van der Waals surface area (Å²) >= 11 is 6.36. The van der Waals surface area contributed by atoms with Gasteiger partial charge in [-0.3, -0.25) is 9.59 Å². The molecule has 2 aliphatic heterocycles. The van der Waals surface area contributed by atoms with E-state index in [-0.39, 0.29) is 28.6 Å². The minimum atomic E-state index is -3.87. The molecule has 4 aliphatic rings. The molecule has 208 valence electrons. The molecule has 0 unspecified atom stereocenters. The number of amides is 1. The molecule has 0 aromatic heterocycles. The zero-order chi connectivity index (χ0) is 27.4. The second kappa shape index (κ2) is 10.1. The maximum absolute atomic E-state index is 13.2. The quantitative estimate of drug-likeness (QED) is 0.477. The van der Waals surface area contributed by atoms with E-state index in [1.54, 1.807) is 25.1 Å². The van der Waals surface area contributed by atoms with Crippen molar-refractivity contribution in [3.63, 3.8) is 0 Å². The maximum atomic E-state index is 13.2. The van der Waals surface area contributed by atoms with Crippen LogP contribution in [0.3, 0.4) is 0 Å². The normalized spacial score (nSPS) is 30.4. The molecule has 0 radical (unpaired) electrons. The minimum absolute atomic E-state index is 0.00833. The second-order valence-electron chi connectivity index (χ2n) is 11.9. The first-order valence-corrected chi connectivity index (χ1v) is 16.0. The Labute approximate surface area is 235 Å². The van der Waals surface area contributed by atoms with Crippen LogP contribution < -0.4 is 14.4 Å². The lowest BCUT2D eigenvalue weighted by Crippen LogP contribution is -2.49. The van der Waals surface area contributed by atoms with Crippen LogP contribution in [0.1, 0.15) is 73.4 Å². The lowest BCUT2D eigenvalue weighted by atomic mass is 9.68.